The Kier molecular flexibility index (Phi) is 4.53. The standard InChI is InChI=1S/C15H22FN3/c1-3-18(4-2)8-5-9-19-11-12-6-7-13(16)10-14(12)15(19)17/h6-7,10,17H,3-5,8-9,11H2,1-2H3. The van der Waals surface area contributed by atoms with E-state index in [2.05, 4.69) is 18.7 Å². The molecule has 0 aromatic heterocycles. The van der Waals surface area contributed by atoms with Gasteiger partial charge in [-0.05, 0) is 43.8 Å². The number of halogens is 1. The lowest BCUT2D eigenvalue weighted by molar-refractivity contribution is 0.282. The van der Waals surface area contributed by atoms with Crippen LogP contribution in [0.2, 0.25) is 0 Å². The van der Waals surface area contributed by atoms with E-state index in [1.54, 1.807) is 6.07 Å². The Morgan fingerprint density at radius 2 is 2.05 bits per heavy atom. The van der Waals surface area contributed by atoms with Gasteiger partial charge in [0.1, 0.15) is 11.7 Å². The molecule has 1 aromatic carbocycles. The summed E-state index contributed by atoms with van der Waals surface area (Å²) in [6.07, 6.45) is 1.04. The molecule has 0 saturated carbocycles. The molecule has 0 amide bonds. The predicted molar refractivity (Wildman–Crippen MR) is 76.0 cm³/mol. The Hall–Kier alpha value is -1.42. The van der Waals surface area contributed by atoms with E-state index in [1.807, 2.05) is 4.90 Å². The highest BCUT2D eigenvalue weighted by Gasteiger charge is 2.23. The van der Waals surface area contributed by atoms with E-state index >= 15 is 0 Å². The van der Waals surface area contributed by atoms with Crippen molar-refractivity contribution in [3.05, 3.63) is 35.1 Å². The summed E-state index contributed by atoms with van der Waals surface area (Å²) in [7, 11) is 0. The second-order valence-electron chi connectivity index (χ2n) is 4.95. The van der Waals surface area contributed by atoms with E-state index in [4.69, 9.17) is 5.41 Å². The molecule has 3 nitrogen and oxygen atoms in total. The van der Waals surface area contributed by atoms with E-state index in [0.717, 1.165) is 50.3 Å². The summed E-state index contributed by atoms with van der Waals surface area (Å²) in [5, 5.41) is 8.11. The van der Waals surface area contributed by atoms with Crippen molar-refractivity contribution in [2.75, 3.05) is 26.2 Å². The molecule has 0 radical (unpaired) electrons. The molecule has 1 aliphatic rings. The van der Waals surface area contributed by atoms with Crippen LogP contribution in [0.15, 0.2) is 18.2 Å². The van der Waals surface area contributed by atoms with Crippen molar-refractivity contribution in [2.24, 2.45) is 0 Å². The first kappa shape index (κ1) is 14.0. The van der Waals surface area contributed by atoms with E-state index < -0.39 is 0 Å². The Morgan fingerprint density at radius 3 is 2.74 bits per heavy atom. The highest BCUT2D eigenvalue weighted by molar-refractivity contribution is 6.00. The maximum atomic E-state index is 13.2. The molecule has 1 aliphatic heterocycles. The molecule has 0 fully saturated rings. The number of fused-ring (bicyclic) bond motifs is 1. The minimum atomic E-state index is -0.256. The molecule has 0 aliphatic carbocycles. The van der Waals surface area contributed by atoms with Gasteiger partial charge in [0.2, 0.25) is 0 Å². The summed E-state index contributed by atoms with van der Waals surface area (Å²) in [4.78, 5) is 4.42. The summed E-state index contributed by atoms with van der Waals surface area (Å²) in [5.41, 5.74) is 1.82. The highest BCUT2D eigenvalue weighted by atomic mass is 19.1. The average Bonchev–Trinajstić information content (AvgIpc) is 2.72. The van der Waals surface area contributed by atoms with E-state index in [9.17, 15) is 4.39 Å². The van der Waals surface area contributed by atoms with E-state index in [1.165, 1.54) is 12.1 Å². The van der Waals surface area contributed by atoms with Crippen molar-refractivity contribution in [1.29, 1.82) is 5.41 Å². The molecule has 4 heteroatoms. The first-order chi connectivity index (χ1) is 9.15. The minimum Gasteiger partial charge on any atom is -0.352 e. The summed E-state index contributed by atoms with van der Waals surface area (Å²) in [6.45, 7) is 9.14. The maximum Gasteiger partial charge on any atom is 0.128 e. The lowest BCUT2D eigenvalue weighted by Crippen LogP contribution is -2.30. The monoisotopic (exact) mass is 263 g/mol. The third-order valence-electron chi connectivity index (χ3n) is 3.80. The van der Waals surface area contributed by atoms with Crippen LogP contribution in [0.25, 0.3) is 0 Å². The molecular weight excluding hydrogens is 241 g/mol. The molecule has 2 rings (SSSR count). The lowest BCUT2D eigenvalue weighted by Gasteiger charge is -2.22. The molecule has 0 spiro atoms. The molecule has 0 bridgehead atoms. The maximum absolute atomic E-state index is 13.2. The third kappa shape index (κ3) is 3.13. The smallest absolute Gasteiger partial charge is 0.128 e. The Labute approximate surface area is 114 Å². The molecule has 19 heavy (non-hydrogen) atoms. The molecule has 1 heterocycles. The molecule has 1 aromatic rings. The zero-order valence-electron chi connectivity index (χ0n) is 11.7. The van der Waals surface area contributed by atoms with Gasteiger partial charge in [-0.1, -0.05) is 19.9 Å². The van der Waals surface area contributed by atoms with Gasteiger partial charge in [-0.15, -0.1) is 0 Å². The first-order valence-electron chi connectivity index (χ1n) is 7.00. The number of hydrogen-bond donors (Lipinski definition) is 1. The normalized spacial score (nSPS) is 14.3. The van der Waals surface area contributed by atoms with Crippen LogP contribution >= 0.6 is 0 Å². The van der Waals surface area contributed by atoms with Crippen LogP contribution < -0.4 is 0 Å². The highest BCUT2D eigenvalue weighted by Crippen LogP contribution is 2.23. The van der Waals surface area contributed by atoms with Gasteiger partial charge in [0.05, 0.1) is 0 Å². The second kappa shape index (κ2) is 6.15. The van der Waals surface area contributed by atoms with Crippen molar-refractivity contribution >= 4 is 5.84 Å². The quantitative estimate of drug-likeness (QED) is 0.855. The van der Waals surface area contributed by atoms with Gasteiger partial charge in [-0.25, -0.2) is 4.39 Å². The van der Waals surface area contributed by atoms with Gasteiger partial charge >= 0.3 is 0 Å². The van der Waals surface area contributed by atoms with Crippen molar-refractivity contribution in [1.82, 2.24) is 9.80 Å². The number of rotatable bonds is 6. The van der Waals surface area contributed by atoms with E-state index in [0.29, 0.717) is 5.84 Å². The summed E-state index contributed by atoms with van der Waals surface area (Å²) in [6, 6.07) is 4.75. The second-order valence-corrected chi connectivity index (χ2v) is 4.95. The Morgan fingerprint density at radius 1 is 1.32 bits per heavy atom. The van der Waals surface area contributed by atoms with Gasteiger partial charge in [0.25, 0.3) is 0 Å². The largest absolute Gasteiger partial charge is 0.352 e. The zero-order chi connectivity index (χ0) is 13.8. The molecule has 0 saturated heterocycles. The fraction of sp³-hybridized carbons (Fsp3) is 0.533. The predicted octanol–water partition coefficient (Wildman–Crippen LogP) is 2.70. The van der Waals surface area contributed by atoms with Gasteiger partial charge in [-0.2, -0.15) is 0 Å². The fourth-order valence-corrected chi connectivity index (χ4v) is 2.58. The molecule has 1 N–H and O–H groups in total. The van der Waals surface area contributed by atoms with Crippen LogP contribution in [0, 0.1) is 11.2 Å². The third-order valence-corrected chi connectivity index (χ3v) is 3.80. The first-order valence-corrected chi connectivity index (χ1v) is 7.00. The van der Waals surface area contributed by atoms with Crippen LogP contribution in [0.4, 0.5) is 4.39 Å². The van der Waals surface area contributed by atoms with Crippen molar-refractivity contribution in [3.8, 4) is 0 Å². The number of benzene rings is 1. The van der Waals surface area contributed by atoms with Crippen molar-refractivity contribution in [2.45, 2.75) is 26.8 Å². The van der Waals surface area contributed by atoms with E-state index in [-0.39, 0.29) is 5.82 Å². The molecule has 0 atom stereocenters. The molecular formula is C15H22FN3. The van der Waals surface area contributed by atoms with Gasteiger partial charge < -0.3 is 9.80 Å². The number of nitrogens with one attached hydrogen (secondary N) is 1. The van der Waals surface area contributed by atoms with Crippen LogP contribution in [0.1, 0.15) is 31.4 Å². The minimum absolute atomic E-state index is 0.256. The fourth-order valence-electron chi connectivity index (χ4n) is 2.58. The molecule has 0 unspecified atom stereocenters. The summed E-state index contributed by atoms with van der Waals surface area (Å²) < 4.78 is 13.2. The van der Waals surface area contributed by atoms with Gasteiger partial charge in [0, 0.05) is 18.7 Å². The SMILES string of the molecule is CCN(CC)CCCN1Cc2ccc(F)cc2C1=N. The summed E-state index contributed by atoms with van der Waals surface area (Å²) >= 11 is 0. The summed E-state index contributed by atoms with van der Waals surface area (Å²) in [5.74, 6) is 0.211. The van der Waals surface area contributed by atoms with Gasteiger partial charge in [-0.3, -0.25) is 5.41 Å². The molecule has 104 valence electrons. The topological polar surface area (TPSA) is 30.3 Å². The zero-order valence-corrected chi connectivity index (χ0v) is 11.7. The number of hydrogen-bond acceptors (Lipinski definition) is 2. The average molecular weight is 263 g/mol. The van der Waals surface area contributed by atoms with Gasteiger partial charge in [0.15, 0.2) is 0 Å². The van der Waals surface area contributed by atoms with Crippen molar-refractivity contribution in [3.63, 3.8) is 0 Å². The van der Waals surface area contributed by atoms with Crippen molar-refractivity contribution < 1.29 is 4.39 Å². The Bertz CT molecular complexity index is 455. The van der Waals surface area contributed by atoms with Crippen LogP contribution in [-0.2, 0) is 6.54 Å². The van der Waals surface area contributed by atoms with Crippen LogP contribution in [0.3, 0.4) is 0 Å². The van der Waals surface area contributed by atoms with Crippen LogP contribution in [-0.4, -0.2) is 41.8 Å². The lowest BCUT2D eigenvalue weighted by atomic mass is 10.1. The number of nitrogens with zero attached hydrogens (tertiary/aromatic N) is 2. The number of amidine groups is 1. The Balaban J connectivity index is 1.90. The van der Waals surface area contributed by atoms with Crippen LogP contribution in [0.5, 0.6) is 0 Å².